The van der Waals surface area contributed by atoms with Crippen molar-refractivity contribution >= 4 is 29.9 Å². The minimum Gasteiger partial charge on any atom is -0.377 e. The molecule has 1 aromatic heterocycles. The highest BCUT2D eigenvalue weighted by atomic mass is 127. The minimum atomic E-state index is 0. The van der Waals surface area contributed by atoms with E-state index < -0.39 is 0 Å². The fourth-order valence-corrected chi connectivity index (χ4v) is 2.62. The molecule has 0 spiro atoms. The van der Waals surface area contributed by atoms with Crippen LogP contribution in [0.2, 0.25) is 0 Å². The Kier molecular flexibility index (Phi) is 9.57. The van der Waals surface area contributed by atoms with E-state index in [4.69, 9.17) is 4.74 Å². The molecular formula is C16H31IN6O. The van der Waals surface area contributed by atoms with Crippen LogP contribution in [-0.2, 0) is 24.3 Å². The smallest absolute Gasteiger partial charge is 0.191 e. The number of hydrogen-bond donors (Lipinski definition) is 2. The Hall–Kier alpha value is -0.900. The van der Waals surface area contributed by atoms with Gasteiger partial charge in [0.25, 0.3) is 0 Å². The second-order valence-corrected chi connectivity index (χ2v) is 6.38. The third-order valence-corrected chi connectivity index (χ3v) is 3.84. The standard InChI is InChI=1S/C16H30N6O.HI/c1-5-17-16(18-9-8-12(2)3)19-13-6-7-15-20-14(11-23-4)21-22(15)10-13;/h12-13H,5-11H2,1-4H3,(H2,17,18,19);1H. The first-order valence-corrected chi connectivity index (χ1v) is 8.58. The molecule has 24 heavy (non-hydrogen) atoms. The number of fused-ring (bicyclic) bond motifs is 1. The second-order valence-electron chi connectivity index (χ2n) is 6.38. The molecule has 1 atom stereocenters. The monoisotopic (exact) mass is 450 g/mol. The maximum atomic E-state index is 5.11. The Morgan fingerprint density at radius 3 is 2.92 bits per heavy atom. The van der Waals surface area contributed by atoms with E-state index in [0.717, 1.165) is 56.5 Å². The van der Waals surface area contributed by atoms with Gasteiger partial charge in [-0.15, -0.1) is 24.0 Å². The van der Waals surface area contributed by atoms with Crippen molar-refractivity contribution in [2.24, 2.45) is 10.9 Å². The topological polar surface area (TPSA) is 76.4 Å². The Balaban J connectivity index is 0.00000288. The predicted molar refractivity (Wildman–Crippen MR) is 107 cm³/mol. The lowest BCUT2D eigenvalue weighted by Gasteiger charge is -2.25. The molecule has 0 aliphatic carbocycles. The molecule has 7 nitrogen and oxygen atoms in total. The number of aliphatic imine (C=N–C) groups is 1. The Bertz CT molecular complexity index is 517. The second kappa shape index (κ2) is 10.9. The molecule has 0 amide bonds. The highest BCUT2D eigenvalue weighted by molar-refractivity contribution is 14.0. The maximum Gasteiger partial charge on any atom is 0.191 e. The third kappa shape index (κ3) is 6.54. The molecule has 2 rings (SSSR count). The summed E-state index contributed by atoms with van der Waals surface area (Å²) in [5.74, 6) is 3.39. The largest absolute Gasteiger partial charge is 0.377 e. The molecule has 0 radical (unpaired) electrons. The molecule has 138 valence electrons. The molecule has 0 saturated carbocycles. The average Bonchev–Trinajstić information content (AvgIpc) is 2.89. The van der Waals surface area contributed by atoms with Gasteiger partial charge in [0.1, 0.15) is 12.4 Å². The van der Waals surface area contributed by atoms with E-state index in [1.807, 2.05) is 4.68 Å². The minimum absolute atomic E-state index is 0. The Labute approximate surface area is 162 Å². The molecule has 2 N–H and O–H groups in total. The average molecular weight is 450 g/mol. The normalized spacial score (nSPS) is 17.4. The summed E-state index contributed by atoms with van der Waals surface area (Å²) in [4.78, 5) is 9.18. The highest BCUT2D eigenvalue weighted by Crippen LogP contribution is 2.13. The summed E-state index contributed by atoms with van der Waals surface area (Å²) in [6.45, 7) is 9.55. The first-order valence-electron chi connectivity index (χ1n) is 8.58. The van der Waals surface area contributed by atoms with E-state index in [1.165, 1.54) is 0 Å². The van der Waals surface area contributed by atoms with Gasteiger partial charge in [0.2, 0.25) is 0 Å². The zero-order valence-electron chi connectivity index (χ0n) is 15.2. The van der Waals surface area contributed by atoms with E-state index in [0.29, 0.717) is 18.6 Å². The molecule has 0 saturated heterocycles. The zero-order chi connectivity index (χ0) is 16.7. The molecule has 1 aromatic rings. The van der Waals surface area contributed by atoms with Gasteiger partial charge < -0.3 is 15.4 Å². The maximum absolute atomic E-state index is 5.11. The third-order valence-electron chi connectivity index (χ3n) is 3.84. The van der Waals surface area contributed by atoms with Gasteiger partial charge in [-0.05, 0) is 25.7 Å². The van der Waals surface area contributed by atoms with Gasteiger partial charge in [0.05, 0.1) is 6.54 Å². The molecule has 8 heteroatoms. The summed E-state index contributed by atoms with van der Waals surface area (Å²) in [5, 5.41) is 11.4. The van der Waals surface area contributed by atoms with Crippen molar-refractivity contribution in [2.75, 3.05) is 20.2 Å². The first kappa shape index (κ1) is 21.1. The van der Waals surface area contributed by atoms with E-state index in [9.17, 15) is 0 Å². The van der Waals surface area contributed by atoms with Gasteiger partial charge in [-0.1, -0.05) is 13.8 Å². The number of aryl methyl sites for hydroxylation is 1. The van der Waals surface area contributed by atoms with Crippen molar-refractivity contribution in [3.63, 3.8) is 0 Å². The molecular weight excluding hydrogens is 419 g/mol. The fourth-order valence-electron chi connectivity index (χ4n) is 2.62. The van der Waals surface area contributed by atoms with Crippen LogP contribution in [0.1, 0.15) is 45.3 Å². The van der Waals surface area contributed by atoms with E-state index in [1.54, 1.807) is 7.11 Å². The van der Waals surface area contributed by atoms with Gasteiger partial charge in [-0.3, -0.25) is 4.99 Å². The fraction of sp³-hybridized carbons (Fsp3) is 0.812. The predicted octanol–water partition coefficient (Wildman–Crippen LogP) is 1.96. The van der Waals surface area contributed by atoms with Crippen molar-refractivity contribution in [1.29, 1.82) is 0 Å². The van der Waals surface area contributed by atoms with E-state index >= 15 is 0 Å². The lowest BCUT2D eigenvalue weighted by atomic mass is 10.1. The van der Waals surface area contributed by atoms with Gasteiger partial charge in [-0.2, -0.15) is 5.10 Å². The summed E-state index contributed by atoms with van der Waals surface area (Å²) in [7, 11) is 1.67. The first-order chi connectivity index (χ1) is 11.1. The number of nitrogens with zero attached hydrogens (tertiary/aromatic N) is 4. The summed E-state index contributed by atoms with van der Waals surface area (Å²) < 4.78 is 7.10. The van der Waals surface area contributed by atoms with Crippen molar-refractivity contribution in [1.82, 2.24) is 25.4 Å². The van der Waals surface area contributed by atoms with Crippen molar-refractivity contribution < 1.29 is 4.74 Å². The van der Waals surface area contributed by atoms with E-state index in [-0.39, 0.29) is 24.0 Å². The number of methoxy groups -OCH3 is 1. The van der Waals surface area contributed by atoms with Crippen LogP contribution >= 0.6 is 24.0 Å². The Morgan fingerprint density at radius 2 is 2.25 bits per heavy atom. The summed E-state index contributed by atoms with van der Waals surface area (Å²) >= 11 is 0. The lowest BCUT2D eigenvalue weighted by Crippen LogP contribution is -2.47. The SMILES string of the molecule is CCNC(=NCCC(C)C)NC1CCc2nc(COC)nn2C1.I. The summed E-state index contributed by atoms with van der Waals surface area (Å²) in [6.07, 6.45) is 3.08. The van der Waals surface area contributed by atoms with Crippen LogP contribution in [0, 0.1) is 5.92 Å². The summed E-state index contributed by atoms with van der Waals surface area (Å²) in [6, 6.07) is 0.330. The van der Waals surface area contributed by atoms with Gasteiger partial charge in [0.15, 0.2) is 11.8 Å². The van der Waals surface area contributed by atoms with Crippen LogP contribution < -0.4 is 10.6 Å². The molecule has 0 bridgehead atoms. The van der Waals surface area contributed by atoms with Crippen LogP contribution in [0.15, 0.2) is 4.99 Å². The van der Waals surface area contributed by atoms with Crippen molar-refractivity contribution in [3.05, 3.63) is 11.6 Å². The number of hydrogen-bond acceptors (Lipinski definition) is 4. The number of nitrogens with one attached hydrogen (secondary N) is 2. The molecule has 0 aromatic carbocycles. The molecule has 0 fully saturated rings. The van der Waals surface area contributed by atoms with Crippen LogP contribution in [0.3, 0.4) is 0 Å². The number of aromatic nitrogens is 3. The van der Waals surface area contributed by atoms with Crippen LogP contribution in [0.4, 0.5) is 0 Å². The molecule has 1 aliphatic heterocycles. The van der Waals surface area contributed by atoms with Gasteiger partial charge >= 0.3 is 0 Å². The number of halogens is 1. The quantitative estimate of drug-likeness (QED) is 0.378. The highest BCUT2D eigenvalue weighted by Gasteiger charge is 2.22. The van der Waals surface area contributed by atoms with Crippen molar-refractivity contribution in [3.8, 4) is 0 Å². The summed E-state index contributed by atoms with van der Waals surface area (Å²) in [5.41, 5.74) is 0. The zero-order valence-corrected chi connectivity index (χ0v) is 17.5. The van der Waals surface area contributed by atoms with Gasteiger partial charge in [-0.25, -0.2) is 9.67 Å². The van der Waals surface area contributed by atoms with Crippen LogP contribution in [0.5, 0.6) is 0 Å². The van der Waals surface area contributed by atoms with Crippen LogP contribution in [0.25, 0.3) is 0 Å². The number of guanidine groups is 1. The van der Waals surface area contributed by atoms with E-state index in [2.05, 4.69) is 46.5 Å². The lowest BCUT2D eigenvalue weighted by molar-refractivity contribution is 0.177. The Morgan fingerprint density at radius 1 is 1.46 bits per heavy atom. The van der Waals surface area contributed by atoms with Crippen LogP contribution in [-0.4, -0.2) is 47.0 Å². The van der Waals surface area contributed by atoms with Gasteiger partial charge in [0, 0.05) is 32.7 Å². The number of ether oxygens (including phenoxy) is 1. The molecule has 1 unspecified atom stereocenters. The molecule has 1 aliphatic rings. The van der Waals surface area contributed by atoms with Crippen molar-refractivity contribution in [2.45, 2.75) is 59.2 Å². The molecule has 2 heterocycles. The number of rotatable bonds is 7.